The van der Waals surface area contributed by atoms with E-state index in [4.69, 9.17) is 15.2 Å². The average molecular weight is 406 g/mol. The minimum absolute atomic E-state index is 0.497. The molecule has 0 aliphatic heterocycles. The molecule has 0 saturated heterocycles. The molecule has 156 valence electrons. The molecule has 5 N–H and O–H groups in total. The zero-order valence-corrected chi connectivity index (χ0v) is 17.2. The van der Waals surface area contributed by atoms with Crippen LogP contribution in [0.1, 0.15) is 5.56 Å². The van der Waals surface area contributed by atoms with Gasteiger partial charge in [-0.2, -0.15) is 4.98 Å². The third kappa shape index (κ3) is 3.95. The van der Waals surface area contributed by atoms with Crippen LogP contribution in [0.15, 0.2) is 42.6 Å². The van der Waals surface area contributed by atoms with Crippen molar-refractivity contribution in [3.05, 3.63) is 48.2 Å². The van der Waals surface area contributed by atoms with E-state index < -0.39 is 0 Å². The van der Waals surface area contributed by atoms with Crippen LogP contribution in [-0.4, -0.2) is 48.8 Å². The molecule has 4 rings (SSSR count). The molecule has 0 spiro atoms. The standard InChI is InChI=1S/C22H26N6O2/c1-29-19-11-16-18(12-20(19)30-2)27-22(25-10-8-23)28-21(16)24-9-7-14-13-26-17-6-4-3-5-15(14)17/h3-6,11-13,26H,7-10,23H2,1-2H3,(H2,24,25,27,28). The number of ether oxygens (including phenoxy) is 2. The predicted octanol–water partition coefficient (Wildman–Crippen LogP) is 3.15. The third-order valence-corrected chi connectivity index (χ3v) is 4.99. The number of hydrogen-bond donors (Lipinski definition) is 4. The number of rotatable bonds is 9. The van der Waals surface area contributed by atoms with Gasteiger partial charge in [0.15, 0.2) is 11.5 Å². The summed E-state index contributed by atoms with van der Waals surface area (Å²) in [6.45, 7) is 1.81. The summed E-state index contributed by atoms with van der Waals surface area (Å²) in [5.74, 6) is 2.52. The van der Waals surface area contributed by atoms with Gasteiger partial charge in [-0.15, -0.1) is 0 Å². The van der Waals surface area contributed by atoms with E-state index in [1.54, 1.807) is 14.2 Å². The smallest absolute Gasteiger partial charge is 0.225 e. The Morgan fingerprint density at radius 3 is 2.57 bits per heavy atom. The van der Waals surface area contributed by atoms with Crippen molar-refractivity contribution in [3.63, 3.8) is 0 Å². The molecule has 30 heavy (non-hydrogen) atoms. The minimum Gasteiger partial charge on any atom is -0.493 e. The van der Waals surface area contributed by atoms with E-state index in [0.29, 0.717) is 30.5 Å². The van der Waals surface area contributed by atoms with E-state index in [9.17, 15) is 0 Å². The molecule has 0 radical (unpaired) electrons. The number of benzene rings is 2. The number of H-pyrrole nitrogens is 1. The Balaban J connectivity index is 1.63. The number of para-hydroxylation sites is 1. The molecule has 8 heteroatoms. The van der Waals surface area contributed by atoms with Crippen molar-refractivity contribution < 1.29 is 9.47 Å². The molecule has 0 aliphatic carbocycles. The summed E-state index contributed by atoms with van der Waals surface area (Å²) in [7, 11) is 3.23. The van der Waals surface area contributed by atoms with Gasteiger partial charge in [-0.25, -0.2) is 4.98 Å². The van der Waals surface area contributed by atoms with Crippen molar-refractivity contribution in [2.45, 2.75) is 6.42 Å². The van der Waals surface area contributed by atoms with Crippen molar-refractivity contribution in [1.82, 2.24) is 15.0 Å². The number of methoxy groups -OCH3 is 2. The van der Waals surface area contributed by atoms with Gasteiger partial charge in [0.2, 0.25) is 5.95 Å². The molecule has 0 saturated carbocycles. The van der Waals surface area contributed by atoms with Gasteiger partial charge in [-0.3, -0.25) is 0 Å². The Bertz CT molecular complexity index is 1160. The number of nitrogens with one attached hydrogen (secondary N) is 3. The highest BCUT2D eigenvalue weighted by Gasteiger charge is 2.13. The Labute approximate surface area is 174 Å². The van der Waals surface area contributed by atoms with Crippen LogP contribution in [0.5, 0.6) is 11.5 Å². The average Bonchev–Trinajstić information content (AvgIpc) is 3.19. The first-order valence-electron chi connectivity index (χ1n) is 9.90. The lowest BCUT2D eigenvalue weighted by molar-refractivity contribution is 0.356. The molecule has 0 fully saturated rings. The summed E-state index contributed by atoms with van der Waals surface area (Å²) >= 11 is 0. The van der Waals surface area contributed by atoms with Crippen LogP contribution in [0, 0.1) is 0 Å². The van der Waals surface area contributed by atoms with Crippen molar-refractivity contribution in [3.8, 4) is 11.5 Å². The summed E-state index contributed by atoms with van der Waals surface area (Å²) in [6.07, 6.45) is 2.92. The SMILES string of the molecule is COc1cc2nc(NCCN)nc(NCCc3c[nH]c4ccccc34)c2cc1OC. The molecule has 2 aromatic heterocycles. The second-order valence-corrected chi connectivity index (χ2v) is 6.87. The van der Waals surface area contributed by atoms with Gasteiger partial charge in [-0.1, -0.05) is 18.2 Å². The highest BCUT2D eigenvalue weighted by molar-refractivity contribution is 5.92. The first-order chi connectivity index (χ1) is 14.7. The van der Waals surface area contributed by atoms with Crippen LogP contribution in [0.3, 0.4) is 0 Å². The van der Waals surface area contributed by atoms with Crippen molar-refractivity contribution >= 4 is 33.6 Å². The molecular weight excluding hydrogens is 380 g/mol. The van der Waals surface area contributed by atoms with Crippen LogP contribution in [0.2, 0.25) is 0 Å². The van der Waals surface area contributed by atoms with E-state index in [1.807, 2.05) is 18.2 Å². The lowest BCUT2D eigenvalue weighted by Crippen LogP contribution is -2.16. The van der Waals surface area contributed by atoms with E-state index in [-0.39, 0.29) is 0 Å². The Morgan fingerprint density at radius 2 is 1.77 bits per heavy atom. The fourth-order valence-electron chi connectivity index (χ4n) is 3.51. The summed E-state index contributed by atoms with van der Waals surface area (Å²) < 4.78 is 10.9. The quantitative estimate of drug-likeness (QED) is 0.338. The highest BCUT2D eigenvalue weighted by atomic mass is 16.5. The molecule has 2 aromatic carbocycles. The van der Waals surface area contributed by atoms with Gasteiger partial charge < -0.3 is 30.8 Å². The first-order valence-corrected chi connectivity index (χ1v) is 9.90. The molecular formula is C22H26N6O2. The normalized spacial score (nSPS) is 11.0. The molecule has 2 heterocycles. The van der Waals surface area contributed by atoms with Crippen LogP contribution < -0.4 is 25.8 Å². The number of nitrogens with two attached hydrogens (primary N) is 1. The van der Waals surface area contributed by atoms with E-state index >= 15 is 0 Å². The first kappa shape index (κ1) is 19.8. The number of nitrogens with zero attached hydrogens (tertiary/aromatic N) is 2. The largest absolute Gasteiger partial charge is 0.493 e. The topological polar surface area (TPSA) is 110 Å². The second kappa shape index (κ2) is 8.87. The Morgan fingerprint density at radius 1 is 0.967 bits per heavy atom. The maximum Gasteiger partial charge on any atom is 0.225 e. The van der Waals surface area contributed by atoms with E-state index in [0.717, 1.165) is 35.2 Å². The zero-order valence-electron chi connectivity index (χ0n) is 17.2. The second-order valence-electron chi connectivity index (χ2n) is 6.87. The lowest BCUT2D eigenvalue weighted by atomic mass is 10.1. The van der Waals surface area contributed by atoms with Crippen molar-refractivity contribution in [1.29, 1.82) is 0 Å². The number of aromatic amines is 1. The zero-order chi connectivity index (χ0) is 20.9. The van der Waals surface area contributed by atoms with Crippen LogP contribution in [0.4, 0.5) is 11.8 Å². The van der Waals surface area contributed by atoms with Crippen molar-refractivity contribution in [2.75, 3.05) is 44.5 Å². The van der Waals surface area contributed by atoms with E-state index in [2.05, 4.69) is 50.0 Å². The fourth-order valence-corrected chi connectivity index (χ4v) is 3.51. The summed E-state index contributed by atoms with van der Waals surface area (Å²) in [4.78, 5) is 12.6. The Kier molecular flexibility index (Phi) is 5.85. The number of hydrogen-bond acceptors (Lipinski definition) is 7. The number of aromatic nitrogens is 3. The van der Waals surface area contributed by atoms with Crippen LogP contribution in [-0.2, 0) is 6.42 Å². The summed E-state index contributed by atoms with van der Waals surface area (Å²) in [5.41, 5.74) is 8.78. The maximum atomic E-state index is 5.62. The minimum atomic E-state index is 0.497. The Hall–Kier alpha value is -3.52. The van der Waals surface area contributed by atoms with Crippen molar-refractivity contribution in [2.24, 2.45) is 5.73 Å². The molecule has 0 atom stereocenters. The summed E-state index contributed by atoms with van der Waals surface area (Å²) in [6, 6.07) is 12.1. The third-order valence-electron chi connectivity index (χ3n) is 4.99. The van der Waals surface area contributed by atoms with Gasteiger partial charge in [0.1, 0.15) is 5.82 Å². The molecule has 0 bridgehead atoms. The fraction of sp³-hybridized carbons (Fsp3) is 0.273. The van der Waals surface area contributed by atoms with Crippen LogP contribution in [0.25, 0.3) is 21.8 Å². The molecule has 0 amide bonds. The number of fused-ring (bicyclic) bond motifs is 2. The van der Waals surface area contributed by atoms with Gasteiger partial charge in [0.05, 0.1) is 19.7 Å². The number of anilines is 2. The molecule has 8 nitrogen and oxygen atoms in total. The predicted molar refractivity (Wildman–Crippen MR) is 121 cm³/mol. The van der Waals surface area contributed by atoms with Gasteiger partial charge in [-0.05, 0) is 24.1 Å². The maximum absolute atomic E-state index is 5.62. The van der Waals surface area contributed by atoms with E-state index in [1.165, 1.54) is 10.9 Å². The molecule has 0 aliphatic rings. The highest BCUT2D eigenvalue weighted by Crippen LogP contribution is 2.34. The van der Waals surface area contributed by atoms with Gasteiger partial charge >= 0.3 is 0 Å². The van der Waals surface area contributed by atoms with Crippen LogP contribution >= 0.6 is 0 Å². The monoisotopic (exact) mass is 406 g/mol. The lowest BCUT2D eigenvalue weighted by Gasteiger charge is -2.14. The molecule has 0 unspecified atom stereocenters. The summed E-state index contributed by atoms with van der Waals surface area (Å²) in [5, 5.41) is 8.73. The molecule has 4 aromatic rings. The van der Waals surface area contributed by atoms with Gasteiger partial charge in [0, 0.05) is 48.2 Å². The van der Waals surface area contributed by atoms with Gasteiger partial charge in [0.25, 0.3) is 0 Å².